The average molecular weight is 300 g/mol. The van der Waals surface area contributed by atoms with E-state index in [4.69, 9.17) is 29.6 Å². The Hall–Kier alpha value is -0.840. The lowest BCUT2D eigenvalue weighted by Gasteiger charge is -2.20. The number of thiocarbonyl (C=S) groups is 1. The van der Waals surface area contributed by atoms with Gasteiger partial charge >= 0.3 is 0 Å². The third-order valence-corrected chi connectivity index (χ3v) is 3.67. The summed E-state index contributed by atoms with van der Waals surface area (Å²) < 4.78 is 0. The summed E-state index contributed by atoms with van der Waals surface area (Å²) in [5.41, 5.74) is 7.29. The van der Waals surface area contributed by atoms with Gasteiger partial charge in [-0.15, -0.1) is 0 Å². The van der Waals surface area contributed by atoms with Crippen molar-refractivity contribution < 1.29 is 0 Å². The number of hydrogen-bond donors (Lipinski definition) is 2. The summed E-state index contributed by atoms with van der Waals surface area (Å²) in [4.78, 5) is 2.65. The normalized spacial score (nSPS) is 11.1. The summed E-state index contributed by atoms with van der Waals surface area (Å²) >= 11 is 11.0. The van der Waals surface area contributed by atoms with Crippen molar-refractivity contribution in [3.05, 3.63) is 28.8 Å². The SMILES string of the molecule is CC(C)N(C)CCCNc1ccc(C(N)=S)c(Cl)c1. The van der Waals surface area contributed by atoms with Crippen molar-refractivity contribution in [3.63, 3.8) is 0 Å². The molecule has 1 aromatic carbocycles. The van der Waals surface area contributed by atoms with Crippen LogP contribution in [-0.2, 0) is 0 Å². The molecular formula is C14H22ClN3S. The van der Waals surface area contributed by atoms with Crippen LogP contribution in [0.3, 0.4) is 0 Å². The molecule has 0 spiro atoms. The quantitative estimate of drug-likeness (QED) is 0.599. The van der Waals surface area contributed by atoms with E-state index in [0.717, 1.165) is 30.8 Å². The van der Waals surface area contributed by atoms with Crippen LogP contribution in [0.25, 0.3) is 0 Å². The van der Waals surface area contributed by atoms with Crippen LogP contribution in [0.2, 0.25) is 5.02 Å². The topological polar surface area (TPSA) is 41.3 Å². The molecule has 0 unspecified atom stereocenters. The molecule has 0 aromatic heterocycles. The number of rotatable bonds is 7. The Bertz CT molecular complexity index is 435. The van der Waals surface area contributed by atoms with Gasteiger partial charge in [-0.3, -0.25) is 0 Å². The third-order valence-electron chi connectivity index (χ3n) is 3.13. The van der Waals surface area contributed by atoms with Gasteiger partial charge in [0.05, 0.1) is 5.02 Å². The first kappa shape index (κ1) is 16.2. The van der Waals surface area contributed by atoms with Gasteiger partial charge in [0.25, 0.3) is 0 Å². The van der Waals surface area contributed by atoms with Crippen LogP contribution < -0.4 is 11.1 Å². The van der Waals surface area contributed by atoms with E-state index in [1.165, 1.54) is 0 Å². The molecule has 19 heavy (non-hydrogen) atoms. The van der Waals surface area contributed by atoms with Crippen molar-refractivity contribution in [2.24, 2.45) is 5.73 Å². The molecular weight excluding hydrogens is 278 g/mol. The van der Waals surface area contributed by atoms with Crippen LogP contribution >= 0.6 is 23.8 Å². The highest BCUT2D eigenvalue weighted by atomic mass is 35.5. The number of nitrogens with one attached hydrogen (secondary N) is 1. The molecule has 0 aliphatic heterocycles. The summed E-state index contributed by atoms with van der Waals surface area (Å²) in [5, 5.41) is 3.94. The minimum Gasteiger partial charge on any atom is -0.389 e. The smallest absolute Gasteiger partial charge is 0.105 e. The Morgan fingerprint density at radius 2 is 2.16 bits per heavy atom. The highest BCUT2D eigenvalue weighted by Crippen LogP contribution is 2.20. The van der Waals surface area contributed by atoms with Crippen molar-refractivity contribution in [1.82, 2.24) is 4.90 Å². The summed E-state index contributed by atoms with van der Waals surface area (Å²) in [5.74, 6) is 0. The van der Waals surface area contributed by atoms with E-state index in [9.17, 15) is 0 Å². The van der Waals surface area contributed by atoms with E-state index in [0.29, 0.717) is 16.1 Å². The van der Waals surface area contributed by atoms with Crippen LogP contribution in [0.5, 0.6) is 0 Å². The molecule has 0 fully saturated rings. The van der Waals surface area contributed by atoms with E-state index in [1.54, 1.807) is 0 Å². The van der Waals surface area contributed by atoms with Crippen LogP contribution in [-0.4, -0.2) is 36.1 Å². The Kier molecular flexibility index (Phi) is 6.55. The standard InChI is InChI=1S/C14H22ClN3S/c1-10(2)18(3)8-4-7-17-11-5-6-12(14(16)19)13(15)9-11/h5-6,9-10,17H,4,7-8H2,1-3H3,(H2,16,19). The number of halogens is 1. The Balaban J connectivity index is 2.42. The maximum atomic E-state index is 6.11. The highest BCUT2D eigenvalue weighted by molar-refractivity contribution is 7.80. The number of anilines is 1. The van der Waals surface area contributed by atoms with Crippen LogP contribution in [0.1, 0.15) is 25.8 Å². The lowest BCUT2D eigenvalue weighted by Crippen LogP contribution is -2.28. The molecule has 0 bridgehead atoms. The molecule has 1 aromatic rings. The zero-order valence-electron chi connectivity index (χ0n) is 11.7. The molecule has 0 saturated heterocycles. The van der Waals surface area contributed by atoms with E-state index in [2.05, 4.69) is 31.1 Å². The van der Waals surface area contributed by atoms with Gasteiger partial charge in [-0.05, 0) is 52.1 Å². The fraction of sp³-hybridized carbons (Fsp3) is 0.500. The third kappa shape index (κ3) is 5.35. The second-order valence-corrected chi connectivity index (χ2v) is 5.76. The van der Waals surface area contributed by atoms with Gasteiger partial charge in [0.2, 0.25) is 0 Å². The van der Waals surface area contributed by atoms with E-state index >= 15 is 0 Å². The van der Waals surface area contributed by atoms with Gasteiger partial charge in [-0.25, -0.2) is 0 Å². The minimum absolute atomic E-state index is 0.329. The Morgan fingerprint density at radius 3 is 2.68 bits per heavy atom. The van der Waals surface area contributed by atoms with Crippen molar-refractivity contribution in [1.29, 1.82) is 0 Å². The summed E-state index contributed by atoms with van der Waals surface area (Å²) in [6, 6.07) is 6.25. The molecule has 0 heterocycles. The maximum absolute atomic E-state index is 6.11. The zero-order chi connectivity index (χ0) is 14.4. The lowest BCUT2D eigenvalue weighted by atomic mass is 10.2. The van der Waals surface area contributed by atoms with Gasteiger partial charge < -0.3 is 16.0 Å². The maximum Gasteiger partial charge on any atom is 0.105 e. The van der Waals surface area contributed by atoms with Crippen LogP contribution in [0.4, 0.5) is 5.69 Å². The Labute approximate surface area is 126 Å². The largest absolute Gasteiger partial charge is 0.389 e. The molecule has 0 atom stereocenters. The minimum atomic E-state index is 0.329. The molecule has 0 aliphatic carbocycles. The predicted molar refractivity (Wildman–Crippen MR) is 88.2 cm³/mol. The van der Waals surface area contributed by atoms with E-state index < -0.39 is 0 Å². The van der Waals surface area contributed by atoms with Crippen molar-refractivity contribution in [2.45, 2.75) is 26.3 Å². The molecule has 3 nitrogen and oxygen atoms in total. The lowest BCUT2D eigenvalue weighted by molar-refractivity contribution is 0.273. The first-order chi connectivity index (χ1) is 8.91. The number of nitrogens with zero attached hydrogens (tertiary/aromatic N) is 1. The first-order valence-electron chi connectivity index (χ1n) is 6.45. The Morgan fingerprint density at radius 1 is 1.47 bits per heavy atom. The second-order valence-electron chi connectivity index (χ2n) is 4.91. The first-order valence-corrected chi connectivity index (χ1v) is 7.24. The fourth-order valence-electron chi connectivity index (χ4n) is 1.64. The molecule has 5 heteroatoms. The monoisotopic (exact) mass is 299 g/mol. The molecule has 0 amide bonds. The van der Waals surface area contributed by atoms with Crippen molar-refractivity contribution in [2.75, 3.05) is 25.5 Å². The van der Waals surface area contributed by atoms with Gasteiger partial charge in [0.15, 0.2) is 0 Å². The number of hydrogen-bond acceptors (Lipinski definition) is 3. The number of benzene rings is 1. The molecule has 0 radical (unpaired) electrons. The molecule has 1 rings (SSSR count). The molecule has 106 valence electrons. The summed E-state index contributed by atoms with van der Waals surface area (Å²) in [6.45, 7) is 6.38. The number of nitrogens with two attached hydrogens (primary N) is 1. The van der Waals surface area contributed by atoms with E-state index in [-0.39, 0.29) is 0 Å². The van der Waals surface area contributed by atoms with Crippen molar-refractivity contribution >= 4 is 34.5 Å². The summed E-state index contributed by atoms with van der Waals surface area (Å²) in [7, 11) is 2.14. The molecule has 3 N–H and O–H groups in total. The van der Waals surface area contributed by atoms with Gasteiger partial charge in [-0.1, -0.05) is 23.8 Å². The van der Waals surface area contributed by atoms with E-state index in [1.807, 2.05) is 18.2 Å². The molecule has 0 saturated carbocycles. The second kappa shape index (κ2) is 7.68. The van der Waals surface area contributed by atoms with Gasteiger partial charge in [0.1, 0.15) is 4.99 Å². The van der Waals surface area contributed by atoms with Crippen LogP contribution in [0, 0.1) is 0 Å². The van der Waals surface area contributed by atoms with Crippen molar-refractivity contribution in [3.8, 4) is 0 Å². The average Bonchev–Trinajstić information content (AvgIpc) is 2.33. The summed E-state index contributed by atoms with van der Waals surface area (Å²) in [6.07, 6.45) is 1.09. The molecule has 0 aliphatic rings. The van der Waals surface area contributed by atoms with Gasteiger partial charge in [-0.2, -0.15) is 0 Å². The fourth-order valence-corrected chi connectivity index (χ4v) is 2.16. The predicted octanol–water partition coefficient (Wildman–Crippen LogP) is 3.12. The van der Waals surface area contributed by atoms with Gasteiger partial charge in [0, 0.05) is 23.8 Å². The van der Waals surface area contributed by atoms with Crippen LogP contribution in [0.15, 0.2) is 18.2 Å². The zero-order valence-corrected chi connectivity index (χ0v) is 13.3. The highest BCUT2D eigenvalue weighted by Gasteiger charge is 2.05.